The summed E-state index contributed by atoms with van der Waals surface area (Å²) in [5.74, 6) is 0.507. The molecule has 6 nitrogen and oxygen atoms in total. The highest BCUT2D eigenvalue weighted by molar-refractivity contribution is 7.99. The zero-order chi connectivity index (χ0) is 19.2. The number of carbonyl (C=O) groups excluding carboxylic acids is 1. The summed E-state index contributed by atoms with van der Waals surface area (Å²) in [7, 11) is -0.807. The Balaban J connectivity index is 2.02. The molecule has 0 fully saturated rings. The van der Waals surface area contributed by atoms with Crippen LogP contribution in [0.1, 0.15) is 15.9 Å². The van der Waals surface area contributed by atoms with Crippen LogP contribution in [0.5, 0.6) is 5.75 Å². The number of aryl methyl sites for hydroxylation is 1. The molecule has 0 saturated heterocycles. The minimum Gasteiger partial charge on any atom is -0.496 e. The highest BCUT2D eigenvalue weighted by Crippen LogP contribution is 2.23. The second-order valence-electron chi connectivity index (χ2n) is 5.50. The standard InChI is InChI=1S/C18H22N2O4S2/c1-13-4-6-14(7-5-13)25-11-10-20-26(22,23)15-8-9-17(24-3)16(12-15)18(21)19-2/h4-9,12,20H,10-11H2,1-3H3,(H,19,21). The van der Waals surface area contributed by atoms with Gasteiger partial charge in [-0.1, -0.05) is 17.7 Å². The molecule has 0 unspecified atom stereocenters. The van der Waals surface area contributed by atoms with Crippen molar-refractivity contribution in [2.75, 3.05) is 26.5 Å². The van der Waals surface area contributed by atoms with Crippen molar-refractivity contribution in [3.63, 3.8) is 0 Å². The summed E-state index contributed by atoms with van der Waals surface area (Å²) in [6.07, 6.45) is 0. The van der Waals surface area contributed by atoms with Gasteiger partial charge in [0.25, 0.3) is 5.91 Å². The lowest BCUT2D eigenvalue weighted by Gasteiger charge is -2.11. The second-order valence-corrected chi connectivity index (χ2v) is 8.44. The van der Waals surface area contributed by atoms with Crippen molar-refractivity contribution in [1.82, 2.24) is 10.0 Å². The Hall–Kier alpha value is -2.03. The normalized spacial score (nSPS) is 11.2. The first-order chi connectivity index (χ1) is 12.4. The van der Waals surface area contributed by atoms with Gasteiger partial charge >= 0.3 is 0 Å². The quantitative estimate of drug-likeness (QED) is 0.531. The fourth-order valence-corrected chi connectivity index (χ4v) is 4.18. The predicted molar refractivity (Wildman–Crippen MR) is 103 cm³/mol. The SMILES string of the molecule is CNC(=O)c1cc(S(=O)(=O)NCCSc2ccc(C)cc2)ccc1OC. The Kier molecular flexibility index (Phi) is 7.07. The Labute approximate surface area is 158 Å². The summed E-state index contributed by atoms with van der Waals surface area (Å²) in [5.41, 5.74) is 1.35. The number of thioether (sulfide) groups is 1. The molecular formula is C18H22N2O4S2. The van der Waals surface area contributed by atoms with Gasteiger partial charge in [0.2, 0.25) is 10.0 Å². The number of sulfonamides is 1. The Morgan fingerprint density at radius 2 is 1.85 bits per heavy atom. The van der Waals surface area contributed by atoms with Crippen LogP contribution in [0.4, 0.5) is 0 Å². The Morgan fingerprint density at radius 1 is 1.15 bits per heavy atom. The molecule has 0 heterocycles. The van der Waals surface area contributed by atoms with Crippen LogP contribution >= 0.6 is 11.8 Å². The van der Waals surface area contributed by atoms with Crippen LogP contribution in [0.25, 0.3) is 0 Å². The smallest absolute Gasteiger partial charge is 0.254 e. The molecule has 2 N–H and O–H groups in total. The molecule has 26 heavy (non-hydrogen) atoms. The maximum Gasteiger partial charge on any atom is 0.254 e. The first kappa shape index (κ1) is 20.3. The van der Waals surface area contributed by atoms with Crippen LogP contribution in [-0.2, 0) is 10.0 Å². The maximum atomic E-state index is 12.5. The van der Waals surface area contributed by atoms with E-state index in [1.165, 1.54) is 37.9 Å². The lowest BCUT2D eigenvalue weighted by molar-refractivity contribution is 0.0960. The zero-order valence-corrected chi connectivity index (χ0v) is 16.5. The molecule has 2 rings (SSSR count). The highest BCUT2D eigenvalue weighted by Gasteiger charge is 2.19. The van der Waals surface area contributed by atoms with Crippen molar-refractivity contribution in [2.24, 2.45) is 0 Å². The van der Waals surface area contributed by atoms with Crippen molar-refractivity contribution in [2.45, 2.75) is 16.7 Å². The summed E-state index contributed by atoms with van der Waals surface area (Å²) in [6.45, 7) is 2.30. The number of ether oxygens (including phenoxy) is 1. The minimum absolute atomic E-state index is 0.0252. The molecule has 0 atom stereocenters. The third-order valence-electron chi connectivity index (χ3n) is 3.64. The van der Waals surface area contributed by atoms with Gasteiger partial charge in [-0.2, -0.15) is 0 Å². The number of methoxy groups -OCH3 is 1. The summed E-state index contributed by atoms with van der Waals surface area (Å²) >= 11 is 1.57. The summed E-state index contributed by atoms with van der Waals surface area (Å²) < 4.78 is 32.6. The predicted octanol–water partition coefficient (Wildman–Crippen LogP) is 2.43. The highest BCUT2D eigenvalue weighted by atomic mass is 32.2. The fraction of sp³-hybridized carbons (Fsp3) is 0.278. The van der Waals surface area contributed by atoms with E-state index in [-0.39, 0.29) is 17.0 Å². The van der Waals surface area contributed by atoms with Gasteiger partial charge in [0.1, 0.15) is 5.75 Å². The van der Waals surface area contributed by atoms with E-state index in [9.17, 15) is 13.2 Å². The molecule has 8 heteroatoms. The third-order valence-corrected chi connectivity index (χ3v) is 6.11. The molecule has 0 aromatic heterocycles. The zero-order valence-electron chi connectivity index (χ0n) is 14.9. The van der Waals surface area contributed by atoms with Crippen molar-refractivity contribution in [3.8, 4) is 5.75 Å². The van der Waals surface area contributed by atoms with Crippen LogP contribution in [0, 0.1) is 6.92 Å². The van der Waals surface area contributed by atoms with E-state index in [0.717, 1.165) is 4.90 Å². The average Bonchev–Trinajstić information content (AvgIpc) is 2.65. The number of hydrogen-bond acceptors (Lipinski definition) is 5. The van der Waals surface area contributed by atoms with E-state index >= 15 is 0 Å². The van der Waals surface area contributed by atoms with Crippen LogP contribution in [0.3, 0.4) is 0 Å². The van der Waals surface area contributed by atoms with Gasteiger partial charge in [0, 0.05) is 24.2 Å². The molecule has 0 radical (unpaired) electrons. The van der Waals surface area contributed by atoms with Gasteiger partial charge in [-0.05, 0) is 37.3 Å². The van der Waals surface area contributed by atoms with E-state index in [1.807, 2.05) is 31.2 Å². The third kappa shape index (κ3) is 5.23. The van der Waals surface area contributed by atoms with Gasteiger partial charge in [0.15, 0.2) is 0 Å². The first-order valence-corrected chi connectivity index (χ1v) is 10.4. The summed E-state index contributed by atoms with van der Waals surface area (Å²) in [6, 6.07) is 12.3. The lowest BCUT2D eigenvalue weighted by Crippen LogP contribution is -2.27. The van der Waals surface area contributed by atoms with Gasteiger partial charge in [-0.25, -0.2) is 13.1 Å². The molecule has 1 amide bonds. The van der Waals surface area contributed by atoms with E-state index in [0.29, 0.717) is 11.5 Å². The number of carbonyl (C=O) groups is 1. The van der Waals surface area contributed by atoms with Crippen molar-refractivity contribution in [1.29, 1.82) is 0 Å². The Bertz CT molecular complexity index is 865. The molecule has 0 aliphatic heterocycles. The second kappa shape index (κ2) is 9.07. The molecule has 0 spiro atoms. The first-order valence-electron chi connectivity index (χ1n) is 7.96. The number of benzene rings is 2. The average molecular weight is 395 g/mol. The number of rotatable bonds is 8. The number of amides is 1. The molecule has 0 bridgehead atoms. The van der Waals surface area contributed by atoms with E-state index in [1.54, 1.807) is 11.8 Å². The summed E-state index contributed by atoms with van der Waals surface area (Å²) in [4.78, 5) is 13.0. The Morgan fingerprint density at radius 3 is 2.46 bits per heavy atom. The van der Waals surface area contributed by atoms with Gasteiger partial charge < -0.3 is 10.1 Å². The lowest BCUT2D eigenvalue weighted by atomic mass is 10.2. The number of nitrogens with one attached hydrogen (secondary N) is 2. The van der Waals surface area contributed by atoms with Crippen LogP contribution < -0.4 is 14.8 Å². The topological polar surface area (TPSA) is 84.5 Å². The number of hydrogen-bond donors (Lipinski definition) is 2. The molecule has 2 aromatic carbocycles. The molecule has 0 aliphatic rings. The van der Waals surface area contributed by atoms with Gasteiger partial charge in [-0.15, -0.1) is 11.8 Å². The van der Waals surface area contributed by atoms with Gasteiger partial charge in [0.05, 0.1) is 17.6 Å². The van der Waals surface area contributed by atoms with Crippen molar-refractivity contribution >= 4 is 27.7 Å². The monoisotopic (exact) mass is 394 g/mol. The fourth-order valence-electron chi connectivity index (χ4n) is 2.23. The molecule has 2 aromatic rings. The van der Waals surface area contributed by atoms with E-state index in [4.69, 9.17) is 4.74 Å². The van der Waals surface area contributed by atoms with E-state index < -0.39 is 15.9 Å². The largest absolute Gasteiger partial charge is 0.496 e. The molecule has 0 saturated carbocycles. The van der Waals surface area contributed by atoms with Crippen LogP contribution in [0.15, 0.2) is 52.3 Å². The summed E-state index contributed by atoms with van der Waals surface area (Å²) in [5, 5.41) is 2.47. The minimum atomic E-state index is -3.71. The van der Waals surface area contributed by atoms with E-state index in [2.05, 4.69) is 10.0 Å². The molecule has 140 valence electrons. The van der Waals surface area contributed by atoms with Gasteiger partial charge in [-0.3, -0.25) is 4.79 Å². The van der Waals surface area contributed by atoms with Crippen molar-refractivity contribution in [3.05, 3.63) is 53.6 Å². The van der Waals surface area contributed by atoms with Crippen LogP contribution in [-0.4, -0.2) is 40.8 Å². The molecular weight excluding hydrogens is 372 g/mol. The van der Waals surface area contributed by atoms with Crippen LogP contribution in [0.2, 0.25) is 0 Å². The van der Waals surface area contributed by atoms with Crippen molar-refractivity contribution < 1.29 is 17.9 Å². The molecule has 0 aliphatic carbocycles. The maximum absolute atomic E-state index is 12.5.